The molecule has 0 aliphatic rings. The molecule has 0 spiro atoms. The van der Waals surface area contributed by atoms with E-state index in [2.05, 4.69) is 0 Å². The number of aromatic carboxylic acids is 1. The van der Waals surface area contributed by atoms with Crippen LogP contribution in [0.5, 0.6) is 5.75 Å². The lowest BCUT2D eigenvalue weighted by molar-refractivity contribution is 0.0658. The largest absolute Gasteiger partial charge is 0.497 e. The fraction of sp³-hybridized carbons (Fsp3) is 0.250. The number of fused-ring (bicyclic) bond motifs is 1. The van der Waals surface area contributed by atoms with Crippen LogP contribution in [-0.4, -0.2) is 25.3 Å². The van der Waals surface area contributed by atoms with E-state index < -0.39 is 5.97 Å². The molecule has 0 saturated heterocycles. The lowest BCUT2D eigenvalue weighted by atomic mass is 10.1. The number of ether oxygens (including phenoxy) is 2. The summed E-state index contributed by atoms with van der Waals surface area (Å²) in [6.07, 6.45) is 0. The Bertz CT molecular complexity index is 555. The smallest absolute Gasteiger partial charge is 0.372 e. The first-order valence-corrected chi connectivity index (χ1v) is 4.99. The molecular formula is C12H12O5. The van der Waals surface area contributed by atoms with Crippen LogP contribution in [0.25, 0.3) is 11.0 Å². The number of hydrogen-bond acceptors (Lipinski definition) is 4. The molecule has 0 bridgehead atoms. The predicted molar refractivity (Wildman–Crippen MR) is 60.4 cm³/mol. The molecule has 0 aliphatic carbocycles. The van der Waals surface area contributed by atoms with Crippen molar-refractivity contribution in [1.29, 1.82) is 0 Å². The molecule has 2 rings (SSSR count). The van der Waals surface area contributed by atoms with E-state index in [4.69, 9.17) is 19.0 Å². The first-order chi connectivity index (χ1) is 8.17. The van der Waals surface area contributed by atoms with Crippen molar-refractivity contribution >= 4 is 16.9 Å². The number of carboxylic acids is 1. The zero-order chi connectivity index (χ0) is 12.4. The van der Waals surface area contributed by atoms with Gasteiger partial charge in [-0.2, -0.15) is 0 Å². The van der Waals surface area contributed by atoms with Crippen LogP contribution in [0.2, 0.25) is 0 Å². The maximum absolute atomic E-state index is 11.0. The molecule has 1 N–H and O–H groups in total. The molecule has 2 aromatic rings. The number of carbonyl (C=O) groups is 1. The molecule has 0 aliphatic heterocycles. The number of rotatable bonds is 4. The second-order valence-corrected chi connectivity index (χ2v) is 3.51. The summed E-state index contributed by atoms with van der Waals surface area (Å²) in [4.78, 5) is 11.0. The van der Waals surface area contributed by atoms with Gasteiger partial charge in [0.25, 0.3) is 0 Å². The molecule has 0 atom stereocenters. The van der Waals surface area contributed by atoms with E-state index in [-0.39, 0.29) is 12.4 Å². The van der Waals surface area contributed by atoms with E-state index in [1.54, 1.807) is 18.2 Å². The van der Waals surface area contributed by atoms with E-state index in [0.717, 1.165) is 5.39 Å². The summed E-state index contributed by atoms with van der Waals surface area (Å²) in [5.41, 5.74) is 1.02. The van der Waals surface area contributed by atoms with Gasteiger partial charge in [-0.3, -0.25) is 0 Å². The number of furan rings is 1. The molecular weight excluding hydrogens is 224 g/mol. The summed E-state index contributed by atoms with van der Waals surface area (Å²) in [5, 5.41) is 9.77. The zero-order valence-electron chi connectivity index (χ0n) is 9.52. The van der Waals surface area contributed by atoms with E-state index in [0.29, 0.717) is 16.9 Å². The third kappa shape index (κ3) is 1.97. The van der Waals surface area contributed by atoms with Crippen LogP contribution < -0.4 is 4.74 Å². The molecule has 5 nitrogen and oxygen atoms in total. The first-order valence-electron chi connectivity index (χ1n) is 4.99. The fourth-order valence-corrected chi connectivity index (χ4v) is 1.72. The van der Waals surface area contributed by atoms with Crippen molar-refractivity contribution in [3.63, 3.8) is 0 Å². The molecule has 1 heterocycles. The van der Waals surface area contributed by atoms with Crippen molar-refractivity contribution < 1.29 is 23.8 Å². The van der Waals surface area contributed by atoms with E-state index >= 15 is 0 Å². The zero-order valence-corrected chi connectivity index (χ0v) is 9.52. The Morgan fingerprint density at radius 1 is 1.41 bits per heavy atom. The maximum Gasteiger partial charge on any atom is 0.372 e. The second-order valence-electron chi connectivity index (χ2n) is 3.51. The van der Waals surface area contributed by atoms with Crippen molar-refractivity contribution in [2.45, 2.75) is 6.61 Å². The molecule has 17 heavy (non-hydrogen) atoms. The Kier molecular flexibility index (Phi) is 3.01. The van der Waals surface area contributed by atoms with Gasteiger partial charge in [0.1, 0.15) is 11.3 Å². The third-order valence-electron chi connectivity index (χ3n) is 2.48. The molecule has 0 unspecified atom stereocenters. The number of hydrogen-bond donors (Lipinski definition) is 1. The van der Waals surface area contributed by atoms with Gasteiger partial charge in [0.05, 0.1) is 13.7 Å². The average Bonchev–Trinajstić information content (AvgIpc) is 2.68. The normalized spacial score (nSPS) is 10.7. The minimum absolute atomic E-state index is 0.0879. The quantitative estimate of drug-likeness (QED) is 0.881. The van der Waals surface area contributed by atoms with Gasteiger partial charge in [0.15, 0.2) is 0 Å². The van der Waals surface area contributed by atoms with Crippen molar-refractivity contribution in [3.8, 4) is 5.75 Å². The Morgan fingerprint density at radius 2 is 2.18 bits per heavy atom. The van der Waals surface area contributed by atoms with Crippen molar-refractivity contribution in [2.75, 3.05) is 14.2 Å². The number of benzene rings is 1. The van der Waals surface area contributed by atoms with E-state index in [9.17, 15) is 4.79 Å². The first kappa shape index (κ1) is 11.5. The summed E-state index contributed by atoms with van der Waals surface area (Å²) in [7, 11) is 3.05. The lowest BCUT2D eigenvalue weighted by Gasteiger charge is -1.99. The van der Waals surface area contributed by atoms with Crippen LogP contribution in [0.15, 0.2) is 22.6 Å². The Hall–Kier alpha value is -2.01. The molecule has 1 aromatic carbocycles. The monoisotopic (exact) mass is 236 g/mol. The van der Waals surface area contributed by atoms with Gasteiger partial charge in [-0.15, -0.1) is 0 Å². The van der Waals surface area contributed by atoms with Crippen LogP contribution in [-0.2, 0) is 11.3 Å². The summed E-state index contributed by atoms with van der Waals surface area (Å²) in [6.45, 7) is 0.195. The van der Waals surface area contributed by atoms with Crippen molar-refractivity contribution in [1.82, 2.24) is 0 Å². The molecule has 0 fully saturated rings. The molecule has 0 amide bonds. The topological polar surface area (TPSA) is 68.9 Å². The Balaban J connectivity index is 2.65. The highest BCUT2D eigenvalue weighted by Crippen LogP contribution is 2.29. The maximum atomic E-state index is 11.0. The van der Waals surface area contributed by atoms with Gasteiger partial charge >= 0.3 is 5.97 Å². The van der Waals surface area contributed by atoms with E-state index in [1.165, 1.54) is 14.2 Å². The minimum atomic E-state index is -1.10. The van der Waals surface area contributed by atoms with Gasteiger partial charge < -0.3 is 19.0 Å². The summed E-state index contributed by atoms with van der Waals surface area (Å²) >= 11 is 0. The van der Waals surface area contributed by atoms with Gasteiger partial charge in [-0.1, -0.05) is 0 Å². The van der Waals surface area contributed by atoms with Gasteiger partial charge in [0, 0.05) is 24.1 Å². The number of carboxylic acid groups (broad SMARTS) is 1. The summed E-state index contributed by atoms with van der Waals surface area (Å²) < 4.78 is 15.3. The molecule has 0 radical (unpaired) electrons. The molecule has 1 aromatic heterocycles. The highest BCUT2D eigenvalue weighted by Gasteiger charge is 2.19. The fourth-order valence-electron chi connectivity index (χ4n) is 1.72. The minimum Gasteiger partial charge on any atom is -0.497 e. The second kappa shape index (κ2) is 4.47. The van der Waals surface area contributed by atoms with Gasteiger partial charge in [-0.05, 0) is 12.1 Å². The highest BCUT2D eigenvalue weighted by atomic mass is 16.5. The van der Waals surface area contributed by atoms with Crippen LogP contribution in [0, 0.1) is 0 Å². The Labute approximate surface area is 97.6 Å². The summed E-state index contributed by atoms with van der Waals surface area (Å²) in [6, 6.07) is 5.17. The lowest BCUT2D eigenvalue weighted by Crippen LogP contribution is -1.99. The average molecular weight is 236 g/mol. The SMILES string of the molecule is COCc1c(C(=O)O)oc2cc(OC)ccc12. The number of methoxy groups -OCH3 is 2. The predicted octanol–water partition coefficient (Wildman–Crippen LogP) is 2.29. The molecule has 0 saturated carbocycles. The molecule has 90 valence electrons. The molecule has 5 heteroatoms. The van der Waals surface area contributed by atoms with E-state index in [1.807, 2.05) is 0 Å². The van der Waals surface area contributed by atoms with Crippen LogP contribution in [0.3, 0.4) is 0 Å². The van der Waals surface area contributed by atoms with Crippen molar-refractivity contribution in [3.05, 3.63) is 29.5 Å². The van der Waals surface area contributed by atoms with Gasteiger partial charge in [0.2, 0.25) is 5.76 Å². The van der Waals surface area contributed by atoms with Crippen LogP contribution in [0.4, 0.5) is 0 Å². The van der Waals surface area contributed by atoms with Crippen molar-refractivity contribution in [2.24, 2.45) is 0 Å². The summed E-state index contributed by atoms with van der Waals surface area (Å²) in [5.74, 6) is -0.575. The standard InChI is InChI=1S/C12H12O5/c1-15-6-9-8-4-3-7(16-2)5-10(8)17-11(9)12(13)14/h3-5H,6H2,1-2H3,(H,13,14). The van der Waals surface area contributed by atoms with Crippen LogP contribution in [0.1, 0.15) is 16.1 Å². The van der Waals surface area contributed by atoms with Crippen LogP contribution >= 0.6 is 0 Å². The Morgan fingerprint density at radius 3 is 2.76 bits per heavy atom. The highest BCUT2D eigenvalue weighted by molar-refractivity contribution is 5.95. The van der Waals surface area contributed by atoms with Gasteiger partial charge in [-0.25, -0.2) is 4.79 Å². The third-order valence-corrected chi connectivity index (χ3v) is 2.48.